The molecule has 0 atom stereocenters. The highest BCUT2D eigenvalue weighted by Crippen LogP contribution is 2.41. The summed E-state index contributed by atoms with van der Waals surface area (Å²) in [6.07, 6.45) is 27.0. The zero-order valence-electron chi connectivity index (χ0n) is 32.0. The van der Waals surface area contributed by atoms with Gasteiger partial charge in [-0.15, -0.1) is 22.7 Å². The van der Waals surface area contributed by atoms with Gasteiger partial charge in [-0.2, -0.15) is 0 Å². The molecule has 2 nitrogen and oxygen atoms in total. The molecule has 4 heteroatoms. The molecule has 0 aliphatic rings. The van der Waals surface area contributed by atoms with Crippen molar-refractivity contribution in [1.82, 2.24) is 0 Å². The molecule has 276 valence electrons. The molecule has 0 unspecified atom stereocenters. The third-order valence-electron chi connectivity index (χ3n) is 10.3. The average Bonchev–Trinajstić information content (AvgIpc) is 3.76. The largest absolute Gasteiger partial charge is 0.494 e. The quantitative estimate of drug-likeness (QED) is 0.0529. The number of fused-ring (bicyclic) bond motifs is 2. The fraction of sp³-hybridized carbons (Fsp3) is 0.532. The van der Waals surface area contributed by atoms with Gasteiger partial charge in [0.2, 0.25) is 0 Å². The maximum atomic E-state index is 6.20. The lowest BCUT2D eigenvalue weighted by Gasteiger charge is -2.10. The van der Waals surface area contributed by atoms with E-state index in [2.05, 4.69) is 87.5 Å². The van der Waals surface area contributed by atoms with Gasteiger partial charge in [0.15, 0.2) is 0 Å². The Hall–Kier alpha value is -2.82. The van der Waals surface area contributed by atoms with Crippen LogP contribution >= 0.6 is 22.7 Å². The first-order valence-corrected chi connectivity index (χ1v) is 22.2. The van der Waals surface area contributed by atoms with Crippen molar-refractivity contribution >= 4 is 42.8 Å². The van der Waals surface area contributed by atoms with E-state index in [0.717, 1.165) is 37.6 Å². The summed E-state index contributed by atoms with van der Waals surface area (Å²) >= 11 is 3.77. The lowest BCUT2D eigenvalue weighted by atomic mass is 10.1. The zero-order valence-corrected chi connectivity index (χ0v) is 33.7. The lowest BCUT2D eigenvalue weighted by molar-refractivity contribution is 0.302. The van der Waals surface area contributed by atoms with Crippen LogP contribution in [-0.4, -0.2) is 13.2 Å². The molecule has 0 spiro atoms. The molecular weight excluding hydrogens is 661 g/mol. The smallest absolute Gasteiger partial charge is 0.122 e. The van der Waals surface area contributed by atoms with E-state index in [0.29, 0.717) is 0 Å². The van der Waals surface area contributed by atoms with Crippen LogP contribution in [0.1, 0.15) is 148 Å². The number of thiophene rings is 2. The summed E-state index contributed by atoms with van der Waals surface area (Å²) in [7, 11) is 0. The molecule has 0 fully saturated rings. The fourth-order valence-corrected chi connectivity index (χ4v) is 9.34. The van der Waals surface area contributed by atoms with Gasteiger partial charge in [-0.25, -0.2) is 0 Å². The summed E-state index contributed by atoms with van der Waals surface area (Å²) in [5, 5.41) is 2.64. The number of hydrogen-bond donors (Lipinski definition) is 0. The molecule has 0 aliphatic carbocycles. The van der Waals surface area contributed by atoms with Crippen LogP contribution in [0.3, 0.4) is 0 Å². The highest BCUT2D eigenvalue weighted by atomic mass is 32.1. The third kappa shape index (κ3) is 13.0. The SMILES string of the molecule is CCCCCCCCCCCCOc1ccc(-c2cc3cc4cc(-c5ccc(OCCCCCCCCCCCC)c(C)c5)sc4cc3s2)cc1. The van der Waals surface area contributed by atoms with Gasteiger partial charge in [0.25, 0.3) is 0 Å². The van der Waals surface area contributed by atoms with Crippen molar-refractivity contribution in [3.63, 3.8) is 0 Å². The topological polar surface area (TPSA) is 18.5 Å². The van der Waals surface area contributed by atoms with Gasteiger partial charge in [0.1, 0.15) is 11.5 Å². The van der Waals surface area contributed by atoms with E-state index in [1.54, 1.807) is 0 Å². The van der Waals surface area contributed by atoms with Crippen LogP contribution in [-0.2, 0) is 0 Å². The van der Waals surface area contributed by atoms with Gasteiger partial charge in [-0.1, -0.05) is 129 Å². The molecule has 5 aromatic rings. The van der Waals surface area contributed by atoms with E-state index in [-0.39, 0.29) is 0 Å². The molecule has 0 N–H and O–H groups in total. The summed E-state index contributed by atoms with van der Waals surface area (Å²) in [6, 6.07) is 24.9. The minimum absolute atomic E-state index is 0.814. The van der Waals surface area contributed by atoms with Crippen molar-refractivity contribution in [2.24, 2.45) is 0 Å². The molecule has 0 bridgehead atoms. The molecule has 0 saturated carbocycles. The molecule has 51 heavy (non-hydrogen) atoms. The molecule has 0 amide bonds. The molecule has 0 saturated heterocycles. The molecule has 2 heterocycles. The first-order chi connectivity index (χ1) is 25.1. The highest BCUT2D eigenvalue weighted by Gasteiger charge is 2.11. The van der Waals surface area contributed by atoms with Crippen molar-refractivity contribution in [2.45, 2.75) is 149 Å². The Labute approximate surface area is 318 Å². The number of rotatable bonds is 26. The zero-order chi connectivity index (χ0) is 35.5. The maximum absolute atomic E-state index is 6.20. The van der Waals surface area contributed by atoms with Crippen LogP contribution in [0.25, 0.3) is 41.1 Å². The normalized spacial score (nSPS) is 11.6. The maximum Gasteiger partial charge on any atom is 0.122 e. The Morgan fingerprint density at radius 2 is 0.882 bits per heavy atom. The minimum Gasteiger partial charge on any atom is -0.494 e. The molecular formula is C47H64O2S2. The Bertz CT molecular complexity index is 1640. The average molecular weight is 725 g/mol. The number of unbranched alkanes of at least 4 members (excludes halogenated alkanes) is 18. The molecule has 2 aromatic heterocycles. The summed E-state index contributed by atoms with van der Waals surface area (Å²) in [6.45, 7) is 8.38. The van der Waals surface area contributed by atoms with Gasteiger partial charge >= 0.3 is 0 Å². The van der Waals surface area contributed by atoms with E-state index in [4.69, 9.17) is 9.47 Å². The second-order valence-corrected chi connectivity index (χ2v) is 16.9. The van der Waals surface area contributed by atoms with Gasteiger partial charge in [0.05, 0.1) is 13.2 Å². The van der Waals surface area contributed by atoms with Crippen molar-refractivity contribution in [3.8, 4) is 32.4 Å². The van der Waals surface area contributed by atoms with Crippen LogP contribution < -0.4 is 9.47 Å². The Morgan fingerprint density at radius 1 is 0.431 bits per heavy atom. The predicted molar refractivity (Wildman–Crippen MR) is 227 cm³/mol. The van der Waals surface area contributed by atoms with Gasteiger partial charge in [0, 0.05) is 19.2 Å². The Morgan fingerprint density at radius 3 is 1.39 bits per heavy atom. The monoisotopic (exact) mass is 724 g/mol. The summed E-state index contributed by atoms with van der Waals surface area (Å²) < 4.78 is 15.0. The lowest BCUT2D eigenvalue weighted by Crippen LogP contribution is -1.99. The minimum atomic E-state index is 0.814. The van der Waals surface area contributed by atoms with E-state index in [1.165, 1.54) is 162 Å². The number of benzene rings is 3. The first-order valence-electron chi connectivity index (χ1n) is 20.6. The van der Waals surface area contributed by atoms with Crippen LogP contribution in [0, 0.1) is 6.92 Å². The van der Waals surface area contributed by atoms with E-state index in [1.807, 2.05) is 22.7 Å². The number of hydrogen-bond acceptors (Lipinski definition) is 4. The van der Waals surface area contributed by atoms with Crippen molar-refractivity contribution in [2.75, 3.05) is 13.2 Å². The summed E-state index contributed by atoms with van der Waals surface area (Å²) in [5.41, 5.74) is 3.76. The van der Waals surface area contributed by atoms with Gasteiger partial charge in [-0.3, -0.25) is 0 Å². The summed E-state index contributed by atoms with van der Waals surface area (Å²) in [4.78, 5) is 2.63. The molecule has 0 radical (unpaired) electrons. The van der Waals surface area contributed by atoms with Crippen LogP contribution in [0.4, 0.5) is 0 Å². The Balaban J connectivity index is 1.05. The third-order valence-corrected chi connectivity index (χ3v) is 12.6. The van der Waals surface area contributed by atoms with Crippen LogP contribution in [0.15, 0.2) is 66.7 Å². The van der Waals surface area contributed by atoms with Crippen molar-refractivity contribution < 1.29 is 9.47 Å². The highest BCUT2D eigenvalue weighted by molar-refractivity contribution is 7.24. The van der Waals surface area contributed by atoms with E-state index in [9.17, 15) is 0 Å². The van der Waals surface area contributed by atoms with Crippen molar-refractivity contribution in [3.05, 3.63) is 72.3 Å². The number of ether oxygens (including phenoxy) is 2. The molecule has 5 rings (SSSR count). The van der Waals surface area contributed by atoms with Crippen LogP contribution in [0.2, 0.25) is 0 Å². The summed E-state index contributed by atoms with van der Waals surface area (Å²) in [5.74, 6) is 2.00. The first kappa shape index (κ1) is 39.4. The van der Waals surface area contributed by atoms with E-state index < -0.39 is 0 Å². The second kappa shape index (κ2) is 22.3. The molecule has 0 aliphatic heterocycles. The van der Waals surface area contributed by atoms with Gasteiger partial charge < -0.3 is 9.47 Å². The fourth-order valence-electron chi connectivity index (χ4n) is 7.09. The van der Waals surface area contributed by atoms with Crippen LogP contribution in [0.5, 0.6) is 11.5 Å². The number of aryl methyl sites for hydroxylation is 1. The second-order valence-electron chi connectivity index (χ2n) is 14.7. The van der Waals surface area contributed by atoms with E-state index >= 15 is 0 Å². The standard InChI is InChI=1S/C47H64O2S2/c1-4-6-8-10-12-14-16-18-20-22-30-48-42-27-24-38(25-28-42)44-34-40-33-41-35-45(51-47(41)36-46(40)50-44)39-26-29-43(37(3)32-39)49-31-23-21-19-17-15-13-11-9-7-5-2/h24-29,32-36H,4-23,30-31H2,1-3H3. The predicted octanol–water partition coefficient (Wildman–Crippen LogP) is 16.4. The van der Waals surface area contributed by atoms with Crippen molar-refractivity contribution in [1.29, 1.82) is 0 Å². The Kier molecular flexibility index (Phi) is 17.2. The van der Waals surface area contributed by atoms with Gasteiger partial charge in [-0.05, 0) is 114 Å². The molecule has 3 aromatic carbocycles.